The maximum atomic E-state index is 11.6. The van der Waals surface area contributed by atoms with Gasteiger partial charge in [-0.05, 0) is 20.3 Å². The standard InChI is InChI=1S/C12H24N2O2/c1-5-6-12(4,13)11(15)14-7-8-16-9-10(2)3/h2,5-9,13H2,1,3-4H3,(H,14,15). The van der Waals surface area contributed by atoms with E-state index in [-0.39, 0.29) is 5.91 Å². The molecule has 0 aliphatic rings. The van der Waals surface area contributed by atoms with E-state index in [2.05, 4.69) is 11.9 Å². The largest absolute Gasteiger partial charge is 0.375 e. The summed E-state index contributed by atoms with van der Waals surface area (Å²) in [6.45, 7) is 10.9. The number of nitrogens with one attached hydrogen (secondary N) is 1. The fourth-order valence-electron chi connectivity index (χ4n) is 1.32. The van der Waals surface area contributed by atoms with Crippen molar-refractivity contribution in [3.63, 3.8) is 0 Å². The van der Waals surface area contributed by atoms with Crippen LogP contribution in [0.25, 0.3) is 0 Å². The summed E-state index contributed by atoms with van der Waals surface area (Å²) in [5.41, 5.74) is 6.07. The zero-order valence-electron chi connectivity index (χ0n) is 10.6. The Kier molecular flexibility index (Phi) is 7.01. The highest BCUT2D eigenvalue weighted by Crippen LogP contribution is 2.07. The minimum atomic E-state index is -0.775. The van der Waals surface area contributed by atoms with Crippen LogP contribution in [0.15, 0.2) is 12.2 Å². The summed E-state index contributed by atoms with van der Waals surface area (Å²) in [6, 6.07) is 0. The minimum absolute atomic E-state index is 0.117. The van der Waals surface area contributed by atoms with Gasteiger partial charge in [0.1, 0.15) is 0 Å². The third-order valence-electron chi connectivity index (χ3n) is 2.17. The molecule has 3 N–H and O–H groups in total. The lowest BCUT2D eigenvalue weighted by atomic mass is 9.97. The highest BCUT2D eigenvalue weighted by atomic mass is 16.5. The third-order valence-corrected chi connectivity index (χ3v) is 2.17. The Bertz CT molecular complexity index is 237. The van der Waals surface area contributed by atoms with Crippen LogP contribution >= 0.6 is 0 Å². The van der Waals surface area contributed by atoms with Crippen molar-refractivity contribution in [2.45, 2.75) is 39.2 Å². The number of ether oxygens (including phenoxy) is 1. The van der Waals surface area contributed by atoms with Crippen LogP contribution in [0.3, 0.4) is 0 Å². The molecule has 0 saturated heterocycles. The average Bonchev–Trinajstić information content (AvgIpc) is 2.16. The van der Waals surface area contributed by atoms with Crippen molar-refractivity contribution in [1.29, 1.82) is 0 Å². The summed E-state index contributed by atoms with van der Waals surface area (Å²) >= 11 is 0. The van der Waals surface area contributed by atoms with Crippen LogP contribution in [0.5, 0.6) is 0 Å². The van der Waals surface area contributed by atoms with Gasteiger partial charge in [-0.3, -0.25) is 4.79 Å². The normalized spacial score (nSPS) is 14.2. The molecule has 0 fully saturated rings. The maximum Gasteiger partial charge on any atom is 0.239 e. The van der Waals surface area contributed by atoms with E-state index in [9.17, 15) is 4.79 Å². The van der Waals surface area contributed by atoms with Gasteiger partial charge in [-0.25, -0.2) is 0 Å². The first-order valence-corrected chi connectivity index (χ1v) is 5.69. The summed E-state index contributed by atoms with van der Waals surface area (Å²) in [6.07, 6.45) is 1.58. The molecule has 4 heteroatoms. The van der Waals surface area contributed by atoms with Crippen LogP contribution in [0.1, 0.15) is 33.6 Å². The lowest BCUT2D eigenvalue weighted by Gasteiger charge is -2.22. The number of rotatable bonds is 8. The number of nitrogens with two attached hydrogens (primary N) is 1. The molecule has 0 aliphatic heterocycles. The Hall–Kier alpha value is -0.870. The second-order valence-electron chi connectivity index (χ2n) is 4.43. The molecule has 0 aromatic rings. The topological polar surface area (TPSA) is 64.3 Å². The fourth-order valence-corrected chi connectivity index (χ4v) is 1.32. The Labute approximate surface area is 98.2 Å². The molecular formula is C12H24N2O2. The SMILES string of the molecule is C=C(C)COCCNC(=O)C(C)(N)CCC. The van der Waals surface area contributed by atoms with Gasteiger partial charge in [0.25, 0.3) is 0 Å². The first kappa shape index (κ1) is 15.1. The van der Waals surface area contributed by atoms with Gasteiger partial charge in [0.2, 0.25) is 5.91 Å². The van der Waals surface area contributed by atoms with E-state index in [1.165, 1.54) is 0 Å². The molecule has 0 radical (unpaired) electrons. The Morgan fingerprint density at radius 3 is 2.69 bits per heavy atom. The van der Waals surface area contributed by atoms with Crippen LogP contribution in [0, 0.1) is 0 Å². The molecule has 94 valence electrons. The van der Waals surface area contributed by atoms with Crippen LogP contribution in [0.2, 0.25) is 0 Å². The minimum Gasteiger partial charge on any atom is -0.375 e. The number of amides is 1. The Balaban J connectivity index is 3.69. The average molecular weight is 228 g/mol. The predicted molar refractivity (Wildman–Crippen MR) is 66.1 cm³/mol. The van der Waals surface area contributed by atoms with Gasteiger partial charge in [0.15, 0.2) is 0 Å². The van der Waals surface area contributed by atoms with Crippen LogP contribution in [0.4, 0.5) is 0 Å². The highest BCUT2D eigenvalue weighted by molar-refractivity contribution is 5.85. The molecule has 16 heavy (non-hydrogen) atoms. The summed E-state index contributed by atoms with van der Waals surface area (Å²) in [5, 5.41) is 2.76. The molecule has 1 amide bonds. The Morgan fingerprint density at radius 2 is 2.19 bits per heavy atom. The zero-order valence-corrected chi connectivity index (χ0v) is 10.6. The van der Waals surface area contributed by atoms with Crippen LogP contribution in [-0.2, 0) is 9.53 Å². The molecule has 1 unspecified atom stereocenters. The number of hydrogen-bond acceptors (Lipinski definition) is 3. The van der Waals surface area contributed by atoms with Crippen molar-refractivity contribution in [1.82, 2.24) is 5.32 Å². The van der Waals surface area contributed by atoms with E-state index in [4.69, 9.17) is 10.5 Å². The maximum absolute atomic E-state index is 11.6. The van der Waals surface area contributed by atoms with E-state index >= 15 is 0 Å². The Morgan fingerprint density at radius 1 is 1.56 bits per heavy atom. The summed E-state index contributed by atoms with van der Waals surface area (Å²) in [7, 11) is 0. The van der Waals surface area contributed by atoms with E-state index in [1.807, 2.05) is 13.8 Å². The van der Waals surface area contributed by atoms with Crippen molar-refractivity contribution >= 4 is 5.91 Å². The first-order chi connectivity index (χ1) is 7.40. The summed E-state index contributed by atoms with van der Waals surface area (Å²) in [5.74, 6) is -0.117. The number of carbonyl (C=O) groups excluding carboxylic acids is 1. The molecule has 0 saturated carbocycles. The molecule has 0 rings (SSSR count). The first-order valence-electron chi connectivity index (χ1n) is 5.69. The zero-order chi connectivity index (χ0) is 12.6. The van der Waals surface area contributed by atoms with Crippen molar-refractivity contribution in [3.8, 4) is 0 Å². The van der Waals surface area contributed by atoms with Gasteiger partial charge in [-0.15, -0.1) is 0 Å². The number of carbonyl (C=O) groups is 1. The predicted octanol–water partition coefficient (Wildman–Crippen LogP) is 1.21. The molecule has 0 aliphatic carbocycles. The van der Waals surface area contributed by atoms with Crippen molar-refractivity contribution < 1.29 is 9.53 Å². The van der Waals surface area contributed by atoms with Gasteiger partial charge in [-0.2, -0.15) is 0 Å². The lowest BCUT2D eigenvalue weighted by Crippen LogP contribution is -2.52. The van der Waals surface area contributed by atoms with Crippen LogP contribution < -0.4 is 11.1 Å². The van der Waals surface area contributed by atoms with Gasteiger partial charge >= 0.3 is 0 Å². The second-order valence-corrected chi connectivity index (χ2v) is 4.43. The summed E-state index contributed by atoms with van der Waals surface area (Å²) in [4.78, 5) is 11.6. The molecule has 1 atom stereocenters. The molecule has 0 aromatic carbocycles. The van der Waals surface area contributed by atoms with Gasteiger partial charge < -0.3 is 15.8 Å². The molecule has 0 bridgehead atoms. The second kappa shape index (κ2) is 7.41. The van der Waals surface area contributed by atoms with Crippen molar-refractivity contribution in [2.75, 3.05) is 19.8 Å². The van der Waals surface area contributed by atoms with E-state index in [0.717, 1.165) is 12.0 Å². The van der Waals surface area contributed by atoms with E-state index in [1.54, 1.807) is 6.92 Å². The monoisotopic (exact) mass is 228 g/mol. The molecule has 0 spiro atoms. The molecule has 0 aromatic heterocycles. The van der Waals surface area contributed by atoms with Gasteiger partial charge in [0, 0.05) is 6.54 Å². The van der Waals surface area contributed by atoms with Crippen molar-refractivity contribution in [3.05, 3.63) is 12.2 Å². The van der Waals surface area contributed by atoms with Crippen LogP contribution in [-0.4, -0.2) is 31.2 Å². The number of hydrogen-bond donors (Lipinski definition) is 2. The van der Waals surface area contributed by atoms with Gasteiger partial charge in [-0.1, -0.05) is 25.5 Å². The lowest BCUT2D eigenvalue weighted by molar-refractivity contribution is -0.126. The quantitative estimate of drug-likeness (QED) is 0.485. The highest BCUT2D eigenvalue weighted by Gasteiger charge is 2.26. The molecule has 4 nitrogen and oxygen atoms in total. The molecular weight excluding hydrogens is 204 g/mol. The smallest absolute Gasteiger partial charge is 0.239 e. The van der Waals surface area contributed by atoms with Crippen molar-refractivity contribution in [2.24, 2.45) is 5.73 Å². The van der Waals surface area contributed by atoms with Gasteiger partial charge in [0.05, 0.1) is 18.8 Å². The molecule has 0 heterocycles. The fraction of sp³-hybridized carbons (Fsp3) is 0.750. The third kappa shape index (κ3) is 6.58. The van der Waals surface area contributed by atoms with E-state index in [0.29, 0.717) is 26.2 Å². The van der Waals surface area contributed by atoms with E-state index < -0.39 is 5.54 Å². The summed E-state index contributed by atoms with van der Waals surface area (Å²) < 4.78 is 5.26.